The number of Topliss-reactive ketones (excluding diaryl/α,β-unsaturated/α-hetero) is 1. The lowest BCUT2D eigenvalue weighted by molar-refractivity contribution is -0.384. The smallest absolute Gasteiger partial charge is 0.301 e. The number of amides is 1. The SMILES string of the molecule is O=C1C(=O)N(c2nc3ccc(Cl)cc3s2)C(c2cccs2)/C1=C(\O)c1ccc([N+](=O)[O-])cc1. The first-order chi connectivity index (χ1) is 15.8. The van der Waals surface area contributed by atoms with E-state index in [0.717, 1.165) is 4.70 Å². The molecule has 0 spiro atoms. The molecule has 4 aromatic rings. The van der Waals surface area contributed by atoms with Crippen LogP contribution in [-0.2, 0) is 9.59 Å². The standard InChI is InChI=1S/C22H12ClN3O5S2/c23-12-5-8-14-16(10-12)33-22(24-14)25-18(15-2-1-9-32-15)17(20(28)21(25)29)19(27)11-3-6-13(7-4-11)26(30)31/h1-10,18,27H/b19-17+. The summed E-state index contributed by atoms with van der Waals surface area (Å²) < 4.78 is 0.750. The predicted molar refractivity (Wildman–Crippen MR) is 127 cm³/mol. The lowest BCUT2D eigenvalue weighted by Crippen LogP contribution is -2.28. The summed E-state index contributed by atoms with van der Waals surface area (Å²) in [7, 11) is 0. The van der Waals surface area contributed by atoms with Crippen molar-refractivity contribution in [3.63, 3.8) is 0 Å². The quantitative estimate of drug-likeness (QED) is 0.130. The van der Waals surface area contributed by atoms with Crippen molar-refractivity contribution >= 4 is 72.8 Å². The van der Waals surface area contributed by atoms with Crippen LogP contribution in [0.15, 0.2) is 65.6 Å². The van der Waals surface area contributed by atoms with Crippen LogP contribution in [0, 0.1) is 10.1 Å². The minimum atomic E-state index is -0.892. The number of halogens is 1. The van der Waals surface area contributed by atoms with Crippen LogP contribution in [0.4, 0.5) is 10.8 Å². The summed E-state index contributed by atoms with van der Waals surface area (Å²) in [5.41, 5.74) is 0.557. The molecular formula is C22H12ClN3O5S2. The fourth-order valence-electron chi connectivity index (χ4n) is 3.63. The number of fused-ring (bicyclic) bond motifs is 1. The average molecular weight is 498 g/mol. The van der Waals surface area contributed by atoms with E-state index in [1.54, 1.807) is 35.7 Å². The van der Waals surface area contributed by atoms with E-state index in [2.05, 4.69) is 4.98 Å². The molecule has 33 heavy (non-hydrogen) atoms. The molecule has 8 nitrogen and oxygen atoms in total. The molecule has 1 atom stereocenters. The molecule has 1 amide bonds. The van der Waals surface area contributed by atoms with Crippen LogP contribution >= 0.6 is 34.3 Å². The van der Waals surface area contributed by atoms with E-state index in [9.17, 15) is 24.8 Å². The topological polar surface area (TPSA) is 114 Å². The Morgan fingerprint density at radius 3 is 2.58 bits per heavy atom. The third kappa shape index (κ3) is 3.58. The molecule has 2 aromatic heterocycles. The second-order valence-electron chi connectivity index (χ2n) is 7.10. The second-order valence-corrected chi connectivity index (χ2v) is 9.52. The van der Waals surface area contributed by atoms with Gasteiger partial charge in [0.2, 0.25) is 0 Å². The number of hydrogen-bond donors (Lipinski definition) is 1. The number of benzene rings is 2. The molecular weight excluding hydrogens is 486 g/mol. The number of anilines is 1. The summed E-state index contributed by atoms with van der Waals surface area (Å²) in [4.78, 5) is 43.1. The van der Waals surface area contributed by atoms with Gasteiger partial charge < -0.3 is 5.11 Å². The Balaban J connectivity index is 1.68. The molecule has 11 heteroatoms. The lowest BCUT2D eigenvalue weighted by Gasteiger charge is -2.21. The molecule has 0 saturated carbocycles. The zero-order valence-corrected chi connectivity index (χ0v) is 18.9. The van der Waals surface area contributed by atoms with Gasteiger partial charge in [0.1, 0.15) is 11.8 Å². The average Bonchev–Trinajstić information content (AvgIpc) is 3.52. The maximum absolute atomic E-state index is 13.1. The molecule has 1 aliphatic heterocycles. The minimum Gasteiger partial charge on any atom is -0.507 e. The van der Waals surface area contributed by atoms with E-state index < -0.39 is 28.4 Å². The number of nitro groups is 1. The molecule has 1 fully saturated rings. The molecule has 1 N–H and O–H groups in total. The maximum atomic E-state index is 13.1. The van der Waals surface area contributed by atoms with Gasteiger partial charge in [-0.3, -0.25) is 24.6 Å². The van der Waals surface area contributed by atoms with Gasteiger partial charge in [0.15, 0.2) is 5.13 Å². The van der Waals surface area contributed by atoms with Crippen LogP contribution in [-0.4, -0.2) is 26.7 Å². The summed E-state index contributed by atoms with van der Waals surface area (Å²) in [6, 6.07) is 12.9. The number of carbonyl (C=O) groups excluding carboxylic acids is 2. The minimum absolute atomic E-state index is 0.103. The van der Waals surface area contributed by atoms with Gasteiger partial charge in [-0.2, -0.15) is 0 Å². The molecule has 5 rings (SSSR count). The van der Waals surface area contributed by atoms with Crippen LogP contribution in [0.1, 0.15) is 16.5 Å². The Kier molecular flexibility index (Phi) is 5.20. The monoisotopic (exact) mass is 497 g/mol. The molecule has 2 aromatic carbocycles. The molecule has 164 valence electrons. The number of carbonyl (C=O) groups is 2. The van der Waals surface area contributed by atoms with Gasteiger partial charge in [-0.05, 0) is 41.8 Å². The van der Waals surface area contributed by atoms with Crippen LogP contribution in [0.2, 0.25) is 5.02 Å². The third-order valence-corrected chi connectivity index (χ3v) is 7.33. The molecule has 3 heterocycles. The van der Waals surface area contributed by atoms with Gasteiger partial charge in [0.25, 0.3) is 11.5 Å². The molecule has 0 bridgehead atoms. The van der Waals surface area contributed by atoms with Gasteiger partial charge in [0.05, 0.1) is 20.7 Å². The largest absolute Gasteiger partial charge is 0.507 e. The van der Waals surface area contributed by atoms with Crippen molar-refractivity contribution in [2.24, 2.45) is 0 Å². The van der Waals surface area contributed by atoms with E-state index in [1.165, 1.54) is 51.8 Å². The second kappa shape index (κ2) is 8.07. The number of hydrogen-bond acceptors (Lipinski definition) is 8. The number of thiazole rings is 1. The van der Waals surface area contributed by atoms with Gasteiger partial charge in [-0.15, -0.1) is 11.3 Å². The molecule has 1 aliphatic rings. The Morgan fingerprint density at radius 1 is 1.15 bits per heavy atom. The van der Waals surface area contributed by atoms with E-state index in [4.69, 9.17) is 11.6 Å². The summed E-state index contributed by atoms with van der Waals surface area (Å²) >= 11 is 8.62. The Morgan fingerprint density at radius 2 is 1.91 bits per heavy atom. The number of nitro benzene ring substituents is 1. The number of thiophene rings is 1. The van der Waals surface area contributed by atoms with E-state index in [-0.39, 0.29) is 16.8 Å². The van der Waals surface area contributed by atoms with E-state index in [0.29, 0.717) is 20.5 Å². The summed E-state index contributed by atoms with van der Waals surface area (Å²) in [6.07, 6.45) is 0. The zero-order chi connectivity index (χ0) is 23.3. The maximum Gasteiger partial charge on any atom is 0.301 e. The van der Waals surface area contributed by atoms with Crippen LogP contribution in [0.25, 0.3) is 16.0 Å². The normalized spacial score (nSPS) is 17.7. The summed E-state index contributed by atoms with van der Waals surface area (Å²) in [6.45, 7) is 0. The highest BCUT2D eigenvalue weighted by molar-refractivity contribution is 7.22. The number of rotatable bonds is 4. The zero-order valence-electron chi connectivity index (χ0n) is 16.5. The Bertz CT molecular complexity index is 1460. The van der Waals surface area contributed by atoms with Gasteiger partial charge in [-0.1, -0.05) is 29.0 Å². The first kappa shape index (κ1) is 21.3. The highest BCUT2D eigenvalue weighted by Crippen LogP contribution is 2.45. The van der Waals surface area contributed by atoms with Gasteiger partial charge >= 0.3 is 5.91 Å². The van der Waals surface area contributed by atoms with Gasteiger partial charge in [-0.25, -0.2) is 4.98 Å². The number of nitrogens with zero attached hydrogens (tertiary/aromatic N) is 3. The lowest BCUT2D eigenvalue weighted by atomic mass is 10.00. The number of aromatic nitrogens is 1. The van der Waals surface area contributed by atoms with Crippen molar-refractivity contribution < 1.29 is 19.6 Å². The summed E-state index contributed by atoms with van der Waals surface area (Å²) in [5.74, 6) is -2.09. The number of aliphatic hydroxyl groups excluding tert-OH is 1. The number of aliphatic hydroxyl groups is 1. The fourth-order valence-corrected chi connectivity index (χ4v) is 5.72. The van der Waals surface area contributed by atoms with Crippen LogP contribution in [0.5, 0.6) is 0 Å². The Labute approximate surface area is 199 Å². The first-order valence-electron chi connectivity index (χ1n) is 9.50. The highest BCUT2D eigenvalue weighted by atomic mass is 35.5. The van der Waals surface area contributed by atoms with Crippen LogP contribution in [0.3, 0.4) is 0 Å². The van der Waals surface area contributed by atoms with Crippen LogP contribution < -0.4 is 4.90 Å². The van der Waals surface area contributed by atoms with E-state index >= 15 is 0 Å². The van der Waals surface area contributed by atoms with Crippen molar-refractivity contribution in [1.29, 1.82) is 0 Å². The number of ketones is 1. The highest BCUT2D eigenvalue weighted by Gasteiger charge is 2.48. The van der Waals surface area contributed by atoms with Crippen molar-refractivity contribution in [1.82, 2.24) is 4.98 Å². The summed E-state index contributed by atoms with van der Waals surface area (Å²) in [5, 5.41) is 24.6. The molecule has 1 unspecified atom stereocenters. The van der Waals surface area contributed by atoms with Crippen molar-refractivity contribution in [3.8, 4) is 0 Å². The van der Waals surface area contributed by atoms with Gasteiger partial charge in [0, 0.05) is 27.6 Å². The third-order valence-electron chi connectivity index (χ3n) is 5.15. The molecule has 1 saturated heterocycles. The molecule has 0 radical (unpaired) electrons. The van der Waals surface area contributed by atoms with Crippen molar-refractivity contribution in [3.05, 3.63) is 91.1 Å². The Hall–Kier alpha value is -3.60. The van der Waals surface area contributed by atoms with Crippen molar-refractivity contribution in [2.45, 2.75) is 6.04 Å². The molecule has 0 aliphatic carbocycles. The number of non-ortho nitro benzene ring substituents is 1. The fraction of sp³-hybridized carbons (Fsp3) is 0.0455. The van der Waals surface area contributed by atoms with E-state index in [1.807, 2.05) is 0 Å². The van der Waals surface area contributed by atoms with Crippen molar-refractivity contribution in [2.75, 3.05) is 4.90 Å². The predicted octanol–water partition coefficient (Wildman–Crippen LogP) is 5.55. The first-order valence-corrected chi connectivity index (χ1v) is 11.6.